The predicted octanol–water partition coefficient (Wildman–Crippen LogP) is 4.03. The van der Waals surface area contributed by atoms with Crippen LogP contribution in [0.25, 0.3) is 0 Å². The van der Waals surface area contributed by atoms with Gasteiger partial charge in [-0.3, -0.25) is 0 Å². The van der Waals surface area contributed by atoms with Crippen LogP contribution in [0.5, 0.6) is 0 Å². The number of para-hydroxylation sites is 1. The monoisotopic (exact) mass is 296 g/mol. The number of benzene rings is 1. The van der Waals surface area contributed by atoms with Crippen molar-refractivity contribution in [1.82, 2.24) is 16.5 Å². The number of hydrogen-bond donors (Lipinski definition) is 3. The van der Waals surface area contributed by atoms with Crippen molar-refractivity contribution in [2.75, 3.05) is 11.8 Å². The van der Waals surface area contributed by atoms with E-state index in [4.69, 9.17) is 0 Å². The van der Waals surface area contributed by atoms with Gasteiger partial charge in [0.25, 0.3) is 0 Å². The summed E-state index contributed by atoms with van der Waals surface area (Å²) < 4.78 is 13.5. The van der Waals surface area contributed by atoms with Crippen molar-refractivity contribution >= 4 is 5.69 Å². The molecule has 0 spiro atoms. The van der Waals surface area contributed by atoms with E-state index < -0.39 is 0 Å². The molecule has 5 heteroatoms. The highest BCUT2D eigenvalue weighted by atomic mass is 19.2. The molecule has 0 amide bonds. The van der Waals surface area contributed by atoms with Crippen LogP contribution in [0, 0.1) is 0 Å². The Kier molecular flexibility index (Phi) is 10.7. The minimum atomic E-state index is 0.445. The Balaban J connectivity index is 1.86. The van der Waals surface area contributed by atoms with Crippen LogP contribution in [0.4, 0.5) is 10.2 Å². The number of nitrogens with zero attached hydrogens (tertiary/aromatic N) is 1. The van der Waals surface area contributed by atoms with Crippen molar-refractivity contribution in [1.29, 1.82) is 0 Å². The summed E-state index contributed by atoms with van der Waals surface area (Å²) in [6, 6.07) is 8.81. The number of halogens is 1. The summed E-state index contributed by atoms with van der Waals surface area (Å²) in [7, 11) is 0. The Morgan fingerprint density at radius 2 is 1.52 bits per heavy atom. The van der Waals surface area contributed by atoms with Crippen molar-refractivity contribution in [3.05, 3.63) is 30.3 Å². The quantitative estimate of drug-likeness (QED) is 0.292. The maximum Gasteiger partial charge on any atom is 0.0890 e. The van der Waals surface area contributed by atoms with Gasteiger partial charge in [-0.15, -0.1) is 10.8 Å². The van der Waals surface area contributed by atoms with Gasteiger partial charge in [-0.1, -0.05) is 74.5 Å². The van der Waals surface area contributed by atoms with Crippen LogP contribution >= 0.6 is 0 Å². The first-order valence-corrected chi connectivity index (χ1v) is 8.09. The molecule has 0 aliphatic rings. The van der Waals surface area contributed by atoms with Crippen LogP contribution in [0.15, 0.2) is 30.3 Å². The summed E-state index contributed by atoms with van der Waals surface area (Å²) >= 11 is 0. The molecule has 0 saturated carbocycles. The summed E-state index contributed by atoms with van der Waals surface area (Å²) in [5.41, 5.74) is 8.49. The number of anilines is 1. The van der Waals surface area contributed by atoms with E-state index in [1.165, 1.54) is 44.9 Å². The standard InChI is InChI=1S/C16H29FN4/c1-2-3-4-5-6-7-8-12-15-18-19-20-21(17)16-13-10-9-11-14-16/h9-11,13-14,18-20H,2-8,12,15H2,1H3. The van der Waals surface area contributed by atoms with Crippen LogP contribution in [0.2, 0.25) is 0 Å². The van der Waals surface area contributed by atoms with Gasteiger partial charge in [0.1, 0.15) is 0 Å². The molecular weight excluding hydrogens is 267 g/mol. The highest BCUT2D eigenvalue weighted by Crippen LogP contribution is 2.10. The zero-order valence-corrected chi connectivity index (χ0v) is 13.1. The summed E-state index contributed by atoms with van der Waals surface area (Å²) in [4.78, 5) is 0. The third kappa shape index (κ3) is 9.39. The predicted molar refractivity (Wildman–Crippen MR) is 86.9 cm³/mol. The Morgan fingerprint density at radius 3 is 2.19 bits per heavy atom. The molecule has 3 N–H and O–H groups in total. The summed E-state index contributed by atoms with van der Waals surface area (Å²) in [5, 5.41) is 0.445. The topological polar surface area (TPSA) is 39.3 Å². The molecule has 0 bridgehead atoms. The first-order valence-electron chi connectivity index (χ1n) is 8.09. The van der Waals surface area contributed by atoms with Crippen molar-refractivity contribution < 1.29 is 4.48 Å². The van der Waals surface area contributed by atoms with E-state index in [2.05, 4.69) is 23.4 Å². The Bertz CT molecular complexity index is 334. The fourth-order valence-corrected chi connectivity index (χ4v) is 2.12. The lowest BCUT2D eigenvalue weighted by Gasteiger charge is -2.15. The lowest BCUT2D eigenvalue weighted by Crippen LogP contribution is -2.50. The molecule has 1 rings (SSSR count). The molecule has 1 aromatic carbocycles. The molecule has 0 saturated heterocycles. The van der Waals surface area contributed by atoms with Crippen LogP contribution in [0.1, 0.15) is 58.3 Å². The molecule has 21 heavy (non-hydrogen) atoms. The first-order chi connectivity index (χ1) is 10.3. The van der Waals surface area contributed by atoms with Crippen LogP contribution in [0.3, 0.4) is 0 Å². The normalized spacial score (nSPS) is 10.8. The van der Waals surface area contributed by atoms with E-state index in [9.17, 15) is 4.48 Å². The van der Waals surface area contributed by atoms with Crippen LogP contribution in [-0.4, -0.2) is 6.54 Å². The number of unbranched alkanes of at least 4 members (excludes halogenated alkanes) is 7. The third-order valence-electron chi connectivity index (χ3n) is 3.38. The van der Waals surface area contributed by atoms with Crippen molar-refractivity contribution in [2.24, 2.45) is 0 Å². The fourth-order valence-electron chi connectivity index (χ4n) is 2.12. The smallest absolute Gasteiger partial charge is 0.0890 e. The van der Waals surface area contributed by atoms with Gasteiger partial charge < -0.3 is 0 Å². The van der Waals surface area contributed by atoms with Crippen molar-refractivity contribution in [2.45, 2.75) is 58.3 Å². The van der Waals surface area contributed by atoms with E-state index in [0.717, 1.165) is 13.0 Å². The summed E-state index contributed by atoms with van der Waals surface area (Å²) in [6.07, 6.45) is 10.3. The maximum atomic E-state index is 13.5. The van der Waals surface area contributed by atoms with Gasteiger partial charge in [0.15, 0.2) is 0 Å². The zero-order valence-electron chi connectivity index (χ0n) is 13.1. The minimum absolute atomic E-state index is 0.445. The summed E-state index contributed by atoms with van der Waals surface area (Å²) in [6.45, 7) is 3.06. The zero-order chi connectivity index (χ0) is 15.2. The molecule has 0 aromatic heterocycles. The molecule has 1 aromatic rings. The molecule has 120 valence electrons. The number of rotatable bonds is 13. The molecule has 0 heterocycles. The SMILES string of the molecule is CCCCCCCCCCNNNN(F)c1ccccc1. The Labute approximate surface area is 128 Å². The van der Waals surface area contributed by atoms with Crippen LogP contribution in [-0.2, 0) is 0 Å². The second kappa shape index (κ2) is 12.6. The van der Waals surface area contributed by atoms with Gasteiger partial charge in [0.05, 0.1) is 5.69 Å². The van der Waals surface area contributed by atoms with Gasteiger partial charge >= 0.3 is 0 Å². The Morgan fingerprint density at radius 1 is 0.905 bits per heavy atom. The van der Waals surface area contributed by atoms with E-state index in [0.29, 0.717) is 10.9 Å². The molecule has 0 aliphatic carbocycles. The number of hydrazine groups is 3. The minimum Gasteiger partial charge on any atom is -0.243 e. The van der Waals surface area contributed by atoms with Crippen molar-refractivity contribution in [3.8, 4) is 0 Å². The third-order valence-corrected chi connectivity index (χ3v) is 3.38. The molecule has 0 atom stereocenters. The lowest BCUT2D eigenvalue weighted by atomic mass is 10.1. The average molecular weight is 296 g/mol. The molecule has 4 nitrogen and oxygen atoms in total. The van der Waals surface area contributed by atoms with E-state index >= 15 is 0 Å². The number of nitrogens with one attached hydrogen (secondary N) is 3. The largest absolute Gasteiger partial charge is 0.243 e. The number of hydrogen-bond acceptors (Lipinski definition) is 4. The summed E-state index contributed by atoms with van der Waals surface area (Å²) in [5.74, 6) is 0. The van der Waals surface area contributed by atoms with E-state index in [-0.39, 0.29) is 0 Å². The van der Waals surface area contributed by atoms with Crippen LogP contribution < -0.4 is 21.7 Å². The molecule has 0 radical (unpaired) electrons. The molecule has 0 unspecified atom stereocenters. The lowest BCUT2D eigenvalue weighted by molar-refractivity contribution is 0.292. The van der Waals surface area contributed by atoms with Gasteiger partial charge in [-0.05, 0) is 18.6 Å². The van der Waals surface area contributed by atoms with E-state index in [1.54, 1.807) is 24.3 Å². The van der Waals surface area contributed by atoms with Gasteiger partial charge in [0, 0.05) is 6.54 Å². The molecule has 0 aliphatic heterocycles. The van der Waals surface area contributed by atoms with Gasteiger partial charge in [-0.2, -0.15) is 5.53 Å². The second-order valence-corrected chi connectivity index (χ2v) is 5.25. The van der Waals surface area contributed by atoms with Gasteiger partial charge in [0.2, 0.25) is 0 Å². The Hall–Kier alpha value is -1.17. The van der Waals surface area contributed by atoms with Gasteiger partial charge in [-0.25, -0.2) is 5.43 Å². The first kappa shape index (κ1) is 17.9. The van der Waals surface area contributed by atoms with E-state index in [1.807, 2.05) is 6.07 Å². The van der Waals surface area contributed by atoms with Crippen molar-refractivity contribution in [3.63, 3.8) is 0 Å². The molecule has 0 fully saturated rings. The second-order valence-electron chi connectivity index (χ2n) is 5.25. The highest BCUT2D eigenvalue weighted by Gasteiger charge is 2.01. The molecular formula is C16H29FN4. The maximum absolute atomic E-state index is 13.5. The fraction of sp³-hybridized carbons (Fsp3) is 0.625. The average Bonchev–Trinajstić information content (AvgIpc) is 2.53. The highest BCUT2D eigenvalue weighted by molar-refractivity contribution is 5.41.